The number of hydrogen-bond acceptors (Lipinski definition) is 2. The normalized spacial score (nSPS) is 12.9. The zero-order chi connectivity index (χ0) is 12.1. The molecule has 90 valence electrons. The number of ether oxygens (including phenoxy) is 1. The third-order valence-electron chi connectivity index (χ3n) is 2.63. The maximum Gasteiger partial charge on any atom is 0.133 e. The van der Waals surface area contributed by atoms with Gasteiger partial charge in [-0.1, -0.05) is 19.9 Å². The van der Waals surface area contributed by atoms with Gasteiger partial charge in [0.1, 0.15) is 5.75 Å². The first-order valence-corrected chi connectivity index (χ1v) is 6.38. The second kappa shape index (κ2) is 6.26. The van der Waals surface area contributed by atoms with Crippen LogP contribution in [-0.4, -0.2) is 14.2 Å². The third-order valence-corrected chi connectivity index (χ3v) is 3.25. The Morgan fingerprint density at radius 3 is 2.50 bits per heavy atom. The van der Waals surface area contributed by atoms with Crippen molar-refractivity contribution in [2.45, 2.75) is 26.3 Å². The monoisotopic (exact) mass is 285 g/mol. The predicted octanol–water partition coefficient (Wildman–Crippen LogP) is 3.76. The van der Waals surface area contributed by atoms with Gasteiger partial charge in [-0.15, -0.1) is 0 Å². The van der Waals surface area contributed by atoms with Crippen LogP contribution in [-0.2, 0) is 0 Å². The Labute approximate surface area is 107 Å². The molecule has 0 spiro atoms. The molecule has 1 aromatic rings. The van der Waals surface area contributed by atoms with Crippen molar-refractivity contribution in [2.75, 3.05) is 14.2 Å². The molecule has 0 aliphatic carbocycles. The molecule has 2 nitrogen and oxygen atoms in total. The number of rotatable bonds is 5. The van der Waals surface area contributed by atoms with E-state index in [1.54, 1.807) is 7.11 Å². The van der Waals surface area contributed by atoms with E-state index in [0.717, 1.165) is 16.6 Å². The Hall–Kier alpha value is -0.540. The van der Waals surface area contributed by atoms with Crippen molar-refractivity contribution in [3.8, 4) is 5.75 Å². The van der Waals surface area contributed by atoms with Gasteiger partial charge in [-0.25, -0.2) is 0 Å². The van der Waals surface area contributed by atoms with Crippen LogP contribution in [0.3, 0.4) is 0 Å². The number of benzene rings is 1. The van der Waals surface area contributed by atoms with Gasteiger partial charge in [-0.2, -0.15) is 0 Å². The number of methoxy groups -OCH3 is 1. The number of hydrogen-bond donors (Lipinski definition) is 1. The summed E-state index contributed by atoms with van der Waals surface area (Å²) in [6, 6.07) is 6.65. The summed E-state index contributed by atoms with van der Waals surface area (Å²) in [5, 5.41) is 3.35. The quantitative estimate of drug-likeness (QED) is 0.889. The summed E-state index contributed by atoms with van der Waals surface area (Å²) in [6.45, 7) is 4.48. The first-order chi connectivity index (χ1) is 7.58. The van der Waals surface area contributed by atoms with Crippen LogP contribution in [0.2, 0.25) is 0 Å². The molecule has 0 saturated carbocycles. The lowest BCUT2D eigenvalue weighted by molar-refractivity contribution is 0.410. The van der Waals surface area contributed by atoms with Gasteiger partial charge in [-0.05, 0) is 53.0 Å². The maximum atomic E-state index is 5.23. The minimum absolute atomic E-state index is 0.405. The molecule has 1 atom stereocenters. The highest BCUT2D eigenvalue weighted by molar-refractivity contribution is 9.10. The molecular weight excluding hydrogens is 266 g/mol. The fourth-order valence-corrected chi connectivity index (χ4v) is 2.35. The molecule has 0 heterocycles. The molecule has 1 rings (SSSR count). The van der Waals surface area contributed by atoms with Gasteiger partial charge in [0.15, 0.2) is 0 Å². The maximum absolute atomic E-state index is 5.23. The summed E-state index contributed by atoms with van der Waals surface area (Å²) in [5.74, 6) is 1.56. The van der Waals surface area contributed by atoms with Crippen LogP contribution < -0.4 is 10.1 Å². The fraction of sp³-hybridized carbons (Fsp3) is 0.538. The Morgan fingerprint density at radius 2 is 2.06 bits per heavy atom. The van der Waals surface area contributed by atoms with Crippen molar-refractivity contribution in [2.24, 2.45) is 5.92 Å². The summed E-state index contributed by atoms with van der Waals surface area (Å²) in [6.07, 6.45) is 1.13. The molecule has 16 heavy (non-hydrogen) atoms. The second-order valence-electron chi connectivity index (χ2n) is 4.36. The van der Waals surface area contributed by atoms with E-state index in [4.69, 9.17) is 4.74 Å². The van der Waals surface area contributed by atoms with E-state index in [2.05, 4.69) is 47.2 Å². The zero-order valence-corrected chi connectivity index (χ0v) is 12.0. The van der Waals surface area contributed by atoms with Crippen LogP contribution in [0.5, 0.6) is 5.75 Å². The van der Waals surface area contributed by atoms with E-state index >= 15 is 0 Å². The summed E-state index contributed by atoms with van der Waals surface area (Å²) in [4.78, 5) is 0. The van der Waals surface area contributed by atoms with E-state index in [0.29, 0.717) is 12.0 Å². The lowest BCUT2D eigenvalue weighted by atomic mass is 9.97. The zero-order valence-electron chi connectivity index (χ0n) is 10.4. The molecule has 0 aliphatic heterocycles. The van der Waals surface area contributed by atoms with Gasteiger partial charge in [0.05, 0.1) is 11.6 Å². The van der Waals surface area contributed by atoms with Gasteiger partial charge in [0.2, 0.25) is 0 Å². The highest BCUT2D eigenvalue weighted by Gasteiger charge is 2.12. The molecule has 0 radical (unpaired) electrons. The van der Waals surface area contributed by atoms with Crippen molar-refractivity contribution >= 4 is 15.9 Å². The summed E-state index contributed by atoms with van der Waals surface area (Å²) in [5.41, 5.74) is 1.30. The van der Waals surface area contributed by atoms with Crippen LogP contribution in [0.1, 0.15) is 31.9 Å². The van der Waals surface area contributed by atoms with E-state index in [1.165, 1.54) is 5.56 Å². The molecule has 1 aromatic carbocycles. The molecule has 0 aliphatic rings. The van der Waals surface area contributed by atoms with Gasteiger partial charge >= 0.3 is 0 Å². The van der Waals surface area contributed by atoms with Crippen LogP contribution in [0, 0.1) is 5.92 Å². The molecule has 0 bridgehead atoms. The standard InChI is InChI=1S/C13H20BrNO/c1-9(2)7-12(15-3)10-5-6-13(16-4)11(14)8-10/h5-6,8-9,12,15H,7H2,1-4H3. The van der Waals surface area contributed by atoms with Crippen LogP contribution in [0.25, 0.3) is 0 Å². The van der Waals surface area contributed by atoms with Gasteiger partial charge in [0, 0.05) is 6.04 Å². The molecule has 0 saturated heterocycles. The van der Waals surface area contributed by atoms with Gasteiger partial charge in [-0.3, -0.25) is 0 Å². The second-order valence-corrected chi connectivity index (χ2v) is 5.22. The topological polar surface area (TPSA) is 21.3 Å². The van der Waals surface area contributed by atoms with Gasteiger partial charge < -0.3 is 10.1 Å². The minimum atomic E-state index is 0.405. The Balaban J connectivity index is 2.89. The SMILES string of the molecule is CNC(CC(C)C)c1ccc(OC)c(Br)c1. The van der Waals surface area contributed by atoms with E-state index in [1.807, 2.05) is 13.1 Å². The highest BCUT2D eigenvalue weighted by Crippen LogP contribution is 2.30. The molecule has 0 aromatic heterocycles. The average molecular weight is 286 g/mol. The molecule has 0 fully saturated rings. The third kappa shape index (κ3) is 3.49. The van der Waals surface area contributed by atoms with Crippen molar-refractivity contribution < 1.29 is 4.74 Å². The molecular formula is C13H20BrNO. The molecule has 1 N–H and O–H groups in total. The van der Waals surface area contributed by atoms with Crippen LogP contribution in [0.4, 0.5) is 0 Å². The summed E-state index contributed by atoms with van der Waals surface area (Å²) in [7, 11) is 3.69. The summed E-state index contributed by atoms with van der Waals surface area (Å²) < 4.78 is 6.24. The highest BCUT2D eigenvalue weighted by atomic mass is 79.9. The Morgan fingerprint density at radius 1 is 1.38 bits per heavy atom. The van der Waals surface area contributed by atoms with Crippen LogP contribution in [0.15, 0.2) is 22.7 Å². The Bertz CT molecular complexity index is 339. The van der Waals surface area contributed by atoms with Crippen molar-refractivity contribution in [1.82, 2.24) is 5.32 Å². The minimum Gasteiger partial charge on any atom is -0.496 e. The van der Waals surface area contributed by atoms with Crippen molar-refractivity contribution in [3.63, 3.8) is 0 Å². The smallest absolute Gasteiger partial charge is 0.133 e. The van der Waals surface area contributed by atoms with Crippen molar-refractivity contribution in [1.29, 1.82) is 0 Å². The number of nitrogens with one attached hydrogen (secondary N) is 1. The van der Waals surface area contributed by atoms with E-state index in [-0.39, 0.29) is 0 Å². The average Bonchev–Trinajstić information content (AvgIpc) is 2.25. The first-order valence-electron chi connectivity index (χ1n) is 5.59. The van der Waals surface area contributed by atoms with Crippen LogP contribution >= 0.6 is 15.9 Å². The first kappa shape index (κ1) is 13.5. The number of halogens is 1. The fourth-order valence-electron chi connectivity index (χ4n) is 1.79. The van der Waals surface area contributed by atoms with E-state index in [9.17, 15) is 0 Å². The molecule has 3 heteroatoms. The van der Waals surface area contributed by atoms with Crippen molar-refractivity contribution in [3.05, 3.63) is 28.2 Å². The largest absolute Gasteiger partial charge is 0.496 e. The molecule has 0 amide bonds. The Kier molecular flexibility index (Phi) is 5.29. The predicted molar refractivity (Wildman–Crippen MR) is 71.9 cm³/mol. The summed E-state index contributed by atoms with van der Waals surface area (Å²) >= 11 is 3.52. The molecule has 1 unspecified atom stereocenters. The van der Waals surface area contributed by atoms with Gasteiger partial charge in [0.25, 0.3) is 0 Å². The lowest BCUT2D eigenvalue weighted by Gasteiger charge is -2.19. The van der Waals surface area contributed by atoms with E-state index < -0.39 is 0 Å². The lowest BCUT2D eigenvalue weighted by Crippen LogP contribution is -2.18.